The molecule has 0 spiro atoms. The second kappa shape index (κ2) is 6.08. The number of rotatable bonds is 3. The SMILES string of the molecule is Cc1cccc(C(=O)Nc2nc3c(s2)CC(C)CC3)c1[N+](=O)[O-]. The second-order valence-electron chi connectivity index (χ2n) is 5.92. The van der Waals surface area contributed by atoms with Gasteiger partial charge in [0.25, 0.3) is 11.6 Å². The minimum atomic E-state index is -0.515. The van der Waals surface area contributed by atoms with Crippen molar-refractivity contribution in [3.63, 3.8) is 0 Å². The third kappa shape index (κ3) is 3.10. The van der Waals surface area contributed by atoms with Gasteiger partial charge in [-0.05, 0) is 38.2 Å². The number of thiazole rings is 1. The molecule has 6 nitrogen and oxygen atoms in total. The minimum Gasteiger partial charge on any atom is -0.298 e. The molecule has 1 aliphatic carbocycles. The van der Waals surface area contributed by atoms with E-state index in [9.17, 15) is 14.9 Å². The zero-order valence-corrected chi connectivity index (χ0v) is 13.8. The lowest BCUT2D eigenvalue weighted by Gasteiger charge is -2.15. The Morgan fingerprint density at radius 2 is 2.26 bits per heavy atom. The number of fused-ring (bicyclic) bond motifs is 1. The number of benzene rings is 1. The fourth-order valence-electron chi connectivity index (χ4n) is 2.84. The summed E-state index contributed by atoms with van der Waals surface area (Å²) in [7, 11) is 0. The van der Waals surface area contributed by atoms with E-state index in [1.165, 1.54) is 22.3 Å². The normalized spacial score (nSPS) is 16.7. The molecule has 1 aromatic heterocycles. The van der Waals surface area contributed by atoms with Crippen molar-refractivity contribution in [2.24, 2.45) is 5.92 Å². The van der Waals surface area contributed by atoms with E-state index in [0.717, 1.165) is 25.0 Å². The molecule has 0 radical (unpaired) electrons. The fraction of sp³-hybridized carbons (Fsp3) is 0.375. The Morgan fingerprint density at radius 1 is 1.48 bits per heavy atom. The number of carbonyl (C=O) groups excluding carboxylic acids is 1. The van der Waals surface area contributed by atoms with Gasteiger partial charge in [-0.15, -0.1) is 11.3 Å². The summed E-state index contributed by atoms with van der Waals surface area (Å²) in [4.78, 5) is 28.8. The number of para-hydroxylation sites is 1. The highest BCUT2D eigenvalue weighted by molar-refractivity contribution is 7.15. The van der Waals surface area contributed by atoms with Gasteiger partial charge in [-0.3, -0.25) is 20.2 Å². The molecule has 1 N–H and O–H groups in total. The largest absolute Gasteiger partial charge is 0.298 e. The van der Waals surface area contributed by atoms with Crippen LogP contribution in [0.4, 0.5) is 10.8 Å². The molecule has 0 bridgehead atoms. The number of aryl methyl sites for hydroxylation is 2. The summed E-state index contributed by atoms with van der Waals surface area (Å²) in [6.07, 6.45) is 3.01. The summed E-state index contributed by atoms with van der Waals surface area (Å²) in [5.74, 6) is 0.143. The molecule has 1 aromatic carbocycles. The van der Waals surface area contributed by atoms with Crippen molar-refractivity contribution >= 4 is 28.1 Å². The summed E-state index contributed by atoms with van der Waals surface area (Å²) < 4.78 is 0. The predicted molar refractivity (Wildman–Crippen MR) is 89.1 cm³/mol. The molecule has 1 unspecified atom stereocenters. The number of amides is 1. The number of hydrogen-bond donors (Lipinski definition) is 1. The van der Waals surface area contributed by atoms with Crippen molar-refractivity contribution < 1.29 is 9.72 Å². The maximum absolute atomic E-state index is 12.4. The first kappa shape index (κ1) is 15.6. The number of carbonyl (C=O) groups is 1. The maximum Gasteiger partial charge on any atom is 0.285 e. The molecular formula is C16H17N3O3S. The van der Waals surface area contributed by atoms with Gasteiger partial charge in [0.15, 0.2) is 5.13 Å². The standard InChI is InChI=1S/C16H17N3O3S/c1-9-6-7-12-13(8-9)23-16(17-12)18-15(20)11-5-3-4-10(2)14(11)19(21)22/h3-5,9H,6-8H2,1-2H3,(H,17,18,20). The van der Waals surface area contributed by atoms with Crippen LogP contribution in [0.25, 0.3) is 0 Å². The van der Waals surface area contributed by atoms with Gasteiger partial charge in [-0.25, -0.2) is 4.98 Å². The fourth-order valence-corrected chi connectivity index (χ4v) is 4.01. The first-order valence-electron chi connectivity index (χ1n) is 7.49. The van der Waals surface area contributed by atoms with Crippen molar-refractivity contribution in [1.29, 1.82) is 0 Å². The number of nitrogens with one attached hydrogen (secondary N) is 1. The summed E-state index contributed by atoms with van der Waals surface area (Å²) in [5.41, 5.74) is 1.42. The number of anilines is 1. The van der Waals surface area contributed by atoms with E-state index >= 15 is 0 Å². The lowest BCUT2D eigenvalue weighted by atomic mass is 9.93. The smallest absolute Gasteiger partial charge is 0.285 e. The van der Waals surface area contributed by atoms with Crippen LogP contribution in [0.1, 0.15) is 39.8 Å². The monoisotopic (exact) mass is 331 g/mol. The first-order valence-corrected chi connectivity index (χ1v) is 8.31. The zero-order valence-electron chi connectivity index (χ0n) is 13.0. The van der Waals surface area contributed by atoms with Gasteiger partial charge in [0.05, 0.1) is 10.6 Å². The van der Waals surface area contributed by atoms with Crippen LogP contribution in [0.2, 0.25) is 0 Å². The van der Waals surface area contributed by atoms with Crippen LogP contribution in [0.15, 0.2) is 18.2 Å². The van der Waals surface area contributed by atoms with Gasteiger partial charge in [0.1, 0.15) is 5.56 Å². The lowest BCUT2D eigenvalue weighted by molar-refractivity contribution is -0.385. The van der Waals surface area contributed by atoms with Crippen molar-refractivity contribution in [2.75, 3.05) is 5.32 Å². The third-order valence-corrected chi connectivity index (χ3v) is 5.11. The van der Waals surface area contributed by atoms with Gasteiger partial charge in [0.2, 0.25) is 0 Å². The molecule has 0 saturated heterocycles. The van der Waals surface area contributed by atoms with Crippen molar-refractivity contribution in [1.82, 2.24) is 4.98 Å². The molecule has 2 aromatic rings. The van der Waals surface area contributed by atoms with Gasteiger partial charge in [-0.1, -0.05) is 19.1 Å². The number of nitro benzene ring substituents is 1. The van der Waals surface area contributed by atoms with Gasteiger partial charge in [-0.2, -0.15) is 0 Å². The molecule has 0 fully saturated rings. The van der Waals surface area contributed by atoms with Gasteiger partial charge < -0.3 is 0 Å². The lowest BCUT2D eigenvalue weighted by Crippen LogP contribution is -2.14. The van der Waals surface area contributed by atoms with Gasteiger partial charge in [0, 0.05) is 10.4 Å². The molecule has 3 rings (SSSR count). The molecule has 120 valence electrons. The molecule has 23 heavy (non-hydrogen) atoms. The van der Waals surface area contributed by atoms with E-state index in [2.05, 4.69) is 17.2 Å². The van der Waals surface area contributed by atoms with E-state index < -0.39 is 10.8 Å². The van der Waals surface area contributed by atoms with E-state index in [1.807, 2.05) is 0 Å². The van der Waals surface area contributed by atoms with E-state index in [4.69, 9.17) is 0 Å². The molecule has 0 aliphatic heterocycles. The highest BCUT2D eigenvalue weighted by atomic mass is 32.1. The number of aromatic nitrogens is 1. The molecule has 0 saturated carbocycles. The topological polar surface area (TPSA) is 85.1 Å². The summed E-state index contributed by atoms with van der Waals surface area (Å²) in [6, 6.07) is 4.74. The molecule has 1 amide bonds. The Balaban J connectivity index is 1.86. The van der Waals surface area contributed by atoms with Crippen LogP contribution in [0.5, 0.6) is 0 Å². The van der Waals surface area contributed by atoms with E-state index in [1.54, 1.807) is 19.1 Å². The van der Waals surface area contributed by atoms with Crippen LogP contribution in [0, 0.1) is 23.0 Å². The van der Waals surface area contributed by atoms with Crippen molar-refractivity contribution in [3.8, 4) is 0 Å². The summed E-state index contributed by atoms with van der Waals surface area (Å²) in [6.45, 7) is 3.83. The van der Waals surface area contributed by atoms with Crippen LogP contribution in [-0.2, 0) is 12.8 Å². The second-order valence-corrected chi connectivity index (χ2v) is 7.00. The molecule has 1 aliphatic rings. The Labute approximate surface area is 137 Å². The number of nitro groups is 1. The van der Waals surface area contributed by atoms with Crippen LogP contribution >= 0.6 is 11.3 Å². The van der Waals surface area contributed by atoms with Gasteiger partial charge >= 0.3 is 0 Å². The Bertz CT molecular complexity index is 785. The first-order chi connectivity index (χ1) is 11.0. The Hall–Kier alpha value is -2.28. The van der Waals surface area contributed by atoms with Crippen LogP contribution < -0.4 is 5.32 Å². The van der Waals surface area contributed by atoms with E-state index in [0.29, 0.717) is 16.6 Å². The molecular weight excluding hydrogens is 314 g/mol. The summed E-state index contributed by atoms with van der Waals surface area (Å²) >= 11 is 1.47. The maximum atomic E-state index is 12.4. The quantitative estimate of drug-likeness (QED) is 0.686. The van der Waals surface area contributed by atoms with Crippen molar-refractivity contribution in [2.45, 2.75) is 33.1 Å². The Morgan fingerprint density at radius 3 is 3.00 bits per heavy atom. The average Bonchev–Trinajstić information content (AvgIpc) is 2.87. The van der Waals surface area contributed by atoms with Crippen molar-refractivity contribution in [3.05, 3.63) is 50.0 Å². The highest BCUT2D eigenvalue weighted by Crippen LogP contribution is 2.32. The minimum absolute atomic E-state index is 0.0662. The third-order valence-electron chi connectivity index (χ3n) is 4.07. The van der Waals surface area contributed by atoms with Crippen LogP contribution in [0.3, 0.4) is 0 Å². The molecule has 7 heteroatoms. The highest BCUT2D eigenvalue weighted by Gasteiger charge is 2.25. The predicted octanol–water partition coefficient (Wildman–Crippen LogP) is 3.74. The van der Waals surface area contributed by atoms with E-state index in [-0.39, 0.29) is 11.3 Å². The summed E-state index contributed by atoms with van der Waals surface area (Å²) in [5, 5.41) is 14.4. The Kier molecular flexibility index (Phi) is 4.12. The molecule has 1 heterocycles. The number of hydrogen-bond acceptors (Lipinski definition) is 5. The average molecular weight is 331 g/mol. The van der Waals surface area contributed by atoms with Crippen LogP contribution in [-0.4, -0.2) is 15.8 Å². The zero-order chi connectivity index (χ0) is 16.6. The molecule has 1 atom stereocenters. The number of nitrogens with zero attached hydrogens (tertiary/aromatic N) is 2.